The fraction of sp³-hybridized carbons (Fsp3) is 0.375. The second-order valence-electron chi connectivity index (χ2n) is 5.30. The van der Waals surface area contributed by atoms with E-state index >= 15 is 0 Å². The van der Waals surface area contributed by atoms with Crippen LogP contribution >= 0.6 is 0 Å². The Hall–Kier alpha value is -1.75. The number of benzene rings is 1. The molecule has 2 aromatic rings. The lowest BCUT2D eigenvalue weighted by atomic mass is 10.00. The summed E-state index contributed by atoms with van der Waals surface area (Å²) in [6, 6.07) is 7.67. The van der Waals surface area contributed by atoms with Crippen molar-refractivity contribution < 1.29 is 13.2 Å². The van der Waals surface area contributed by atoms with E-state index in [0.29, 0.717) is 0 Å². The van der Waals surface area contributed by atoms with Gasteiger partial charge in [0.05, 0.1) is 6.42 Å². The number of hydrogen-bond acceptors (Lipinski definition) is 1. The highest BCUT2D eigenvalue weighted by Crippen LogP contribution is 2.31. The molecule has 0 saturated heterocycles. The summed E-state index contributed by atoms with van der Waals surface area (Å²) in [7, 11) is 0. The molecular weight excluding hydrogens is 277 g/mol. The Morgan fingerprint density at radius 2 is 2.00 bits per heavy atom. The monoisotopic (exact) mass is 294 g/mol. The van der Waals surface area contributed by atoms with E-state index in [4.69, 9.17) is 0 Å². The van der Waals surface area contributed by atoms with Gasteiger partial charge in [0.25, 0.3) is 0 Å². The molecule has 0 spiro atoms. The van der Waals surface area contributed by atoms with Crippen LogP contribution < -0.4 is 5.32 Å². The third-order valence-corrected chi connectivity index (χ3v) is 3.83. The maximum atomic E-state index is 12.5. The number of fused-ring (bicyclic) bond motifs is 1. The number of nitrogens with zero attached hydrogens (tertiary/aromatic N) is 1. The molecule has 0 aliphatic carbocycles. The van der Waals surface area contributed by atoms with E-state index in [1.165, 1.54) is 5.57 Å². The predicted molar refractivity (Wildman–Crippen MR) is 78.1 cm³/mol. The van der Waals surface area contributed by atoms with Crippen LogP contribution in [0.5, 0.6) is 0 Å². The van der Waals surface area contributed by atoms with Crippen LogP contribution in [0, 0.1) is 0 Å². The second-order valence-corrected chi connectivity index (χ2v) is 5.30. The molecule has 1 aromatic carbocycles. The molecule has 2 heterocycles. The third-order valence-electron chi connectivity index (χ3n) is 3.83. The minimum absolute atomic E-state index is 0.0322. The average molecular weight is 294 g/mol. The van der Waals surface area contributed by atoms with Crippen molar-refractivity contribution in [2.45, 2.75) is 25.6 Å². The summed E-state index contributed by atoms with van der Waals surface area (Å²) in [5, 5.41) is 4.29. The zero-order valence-electron chi connectivity index (χ0n) is 11.6. The maximum absolute atomic E-state index is 12.5. The van der Waals surface area contributed by atoms with Crippen molar-refractivity contribution in [1.29, 1.82) is 0 Å². The number of para-hydroxylation sites is 1. The van der Waals surface area contributed by atoms with E-state index in [0.717, 1.165) is 36.0 Å². The standard InChI is InChI=1S/C16H17F3N2/c17-16(18,19)7-10-21-11-14(12-5-8-20-9-6-12)13-3-1-2-4-15(13)21/h1-5,11,20H,6-10H2. The van der Waals surface area contributed by atoms with Gasteiger partial charge in [-0.1, -0.05) is 24.3 Å². The summed E-state index contributed by atoms with van der Waals surface area (Å²) < 4.78 is 39.1. The van der Waals surface area contributed by atoms with E-state index in [1.54, 1.807) is 4.57 Å². The third kappa shape index (κ3) is 3.13. The Labute approximate surface area is 121 Å². The molecule has 0 atom stereocenters. The van der Waals surface area contributed by atoms with Crippen LogP contribution in [-0.2, 0) is 6.54 Å². The molecule has 2 nitrogen and oxygen atoms in total. The van der Waals surface area contributed by atoms with Gasteiger partial charge in [-0.2, -0.15) is 13.2 Å². The van der Waals surface area contributed by atoms with Crippen LogP contribution in [0.4, 0.5) is 13.2 Å². The summed E-state index contributed by atoms with van der Waals surface area (Å²) in [5.74, 6) is 0. The number of aryl methyl sites for hydroxylation is 1. The zero-order valence-corrected chi connectivity index (χ0v) is 11.6. The molecule has 0 fully saturated rings. The van der Waals surface area contributed by atoms with Crippen molar-refractivity contribution in [2.24, 2.45) is 0 Å². The van der Waals surface area contributed by atoms with Crippen LogP contribution in [0.15, 0.2) is 36.5 Å². The van der Waals surface area contributed by atoms with Crippen LogP contribution in [0.25, 0.3) is 16.5 Å². The first-order chi connectivity index (χ1) is 10.0. The average Bonchev–Trinajstić information content (AvgIpc) is 2.84. The van der Waals surface area contributed by atoms with Crippen molar-refractivity contribution in [3.63, 3.8) is 0 Å². The van der Waals surface area contributed by atoms with Gasteiger partial charge in [-0.15, -0.1) is 0 Å². The summed E-state index contributed by atoms with van der Waals surface area (Å²) in [4.78, 5) is 0. The van der Waals surface area contributed by atoms with Crippen LogP contribution in [0.3, 0.4) is 0 Å². The second kappa shape index (κ2) is 5.56. The molecule has 112 valence electrons. The van der Waals surface area contributed by atoms with Gasteiger partial charge in [0.15, 0.2) is 0 Å². The molecule has 0 unspecified atom stereocenters. The smallest absolute Gasteiger partial charge is 0.347 e. The minimum atomic E-state index is -4.13. The molecule has 1 N–H and O–H groups in total. The molecule has 1 aromatic heterocycles. The first-order valence-electron chi connectivity index (χ1n) is 7.09. The number of alkyl halides is 3. The number of hydrogen-bond donors (Lipinski definition) is 1. The fourth-order valence-corrected chi connectivity index (χ4v) is 2.80. The molecule has 1 aliphatic rings. The van der Waals surface area contributed by atoms with Gasteiger partial charge in [0, 0.05) is 35.8 Å². The summed E-state index contributed by atoms with van der Waals surface area (Å²) in [6.45, 7) is 1.70. The van der Waals surface area contributed by atoms with E-state index in [-0.39, 0.29) is 6.54 Å². The Bertz CT molecular complexity index is 668. The summed E-state index contributed by atoms with van der Waals surface area (Å²) in [5.41, 5.74) is 3.15. The lowest BCUT2D eigenvalue weighted by Crippen LogP contribution is -2.19. The van der Waals surface area contributed by atoms with Crippen molar-refractivity contribution in [1.82, 2.24) is 9.88 Å². The Balaban J connectivity index is 1.99. The van der Waals surface area contributed by atoms with Gasteiger partial charge in [-0.3, -0.25) is 0 Å². The van der Waals surface area contributed by atoms with Gasteiger partial charge < -0.3 is 9.88 Å². The predicted octanol–water partition coefficient (Wildman–Crippen LogP) is 3.97. The summed E-state index contributed by atoms with van der Waals surface area (Å²) >= 11 is 0. The fourth-order valence-electron chi connectivity index (χ4n) is 2.80. The van der Waals surface area contributed by atoms with Gasteiger partial charge in [0.1, 0.15) is 0 Å². The molecule has 0 radical (unpaired) electrons. The van der Waals surface area contributed by atoms with E-state index < -0.39 is 12.6 Å². The number of aromatic nitrogens is 1. The quantitative estimate of drug-likeness (QED) is 0.906. The normalized spacial score (nSPS) is 16.2. The molecule has 1 aliphatic heterocycles. The van der Waals surface area contributed by atoms with Crippen LogP contribution in [0.2, 0.25) is 0 Å². The number of halogens is 3. The van der Waals surface area contributed by atoms with Crippen molar-refractivity contribution in [3.05, 3.63) is 42.1 Å². The zero-order chi connectivity index (χ0) is 14.9. The van der Waals surface area contributed by atoms with Gasteiger partial charge in [-0.25, -0.2) is 0 Å². The highest BCUT2D eigenvalue weighted by atomic mass is 19.4. The van der Waals surface area contributed by atoms with Gasteiger partial charge in [-0.05, 0) is 24.6 Å². The largest absolute Gasteiger partial charge is 0.390 e. The molecule has 0 saturated carbocycles. The van der Waals surface area contributed by atoms with Crippen LogP contribution in [0.1, 0.15) is 18.4 Å². The van der Waals surface area contributed by atoms with Crippen molar-refractivity contribution >= 4 is 16.5 Å². The van der Waals surface area contributed by atoms with E-state index in [2.05, 4.69) is 11.4 Å². The highest BCUT2D eigenvalue weighted by molar-refractivity contribution is 5.93. The molecule has 5 heteroatoms. The number of nitrogens with one attached hydrogen (secondary N) is 1. The SMILES string of the molecule is FC(F)(F)CCn1cc(C2=CCNCC2)c2ccccc21. The molecular formula is C16H17F3N2. The highest BCUT2D eigenvalue weighted by Gasteiger charge is 2.27. The topological polar surface area (TPSA) is 17.0 Å². The van der Waals surface area contributed by atoms with E-state index in [9.17, 15) is 13.2 Å². The van der Waals surface area contributed by atoms with E-state index in [1.807, 2.05) is 30.5 Å². The maximum Gasteiger partial charge on any atom is 0.390 e. The first kappa shape index (κ1) is 14.2. The Morgan fingerprint density at radius 3 is 2.71 bits per heavy atom. The lowest BCUT2D eigenvalue weighted by Gasteiger charge is -2.13. The van der Waals surface area contributed by atoms with Gasteiger partial charge in [0.2, 0.25) is 0 Å². The number of rotatable bonds is 3. The Morgan fingerprint density at radius 1 is 1.19 bits per heavy atom. The van der Waals surface area contributed by atoms with Crippen LogP contribution in [-0.4, -0.2) is 23.8 Å². The Kier molecular flexibility index (Phi) is 3.76. The van der Waals surface area contributed by atoms with Gasteiger partial charge >= 0.3 is 6.18 Å². The molecule has 0 bridgehead atoms. The molecule has 21 heavy (non-hydrogen) atoms. The van der Waals surface area contributed by atoms with Crippen molar-refractivity contribution in [3.8, 4) is 0 Å². The summed E-state index contributed by atoms with van der Waals surface area (Å²) in [6.07, 6.45) is -0.0223. The molecule has 0 amide bonds. The molecule has 3 rings (SSSR count). The lowest BCUT2D eigenvalue weighted by molar-refractivity contribution is -0.136. The van der Waals surface area contributed by atoms with Crippen molar-refractivity contribution in [2.75, 3.05) is 13.1 Å². The first-order valence-corrected chi connectivity index (χ1v) is 7.09. The minimum Gasteiger partial charge on any atom is -0.347 e.